The summed E-state index contributed by atoms with van der Waals surface area (Å²) in [7, 11) is 0. The summed E-state index contributed by atoms with van der Waals surface area (Å²) in [4.78, 5) is 13.3. The Kier molecular flexibility index (Phi) is 8.51. The Morgan fingerprint density at radius 3 is 2.64 bits per heavy atom. The van der Waals surface area contributed by atoms with Gasteiger partial charge in [-0.25, -0.2) is 4.98 Å². The first-order valence-electron chi connectivity index (χ1n) is 7.39. The van der Waals surface area contributed by atoms with Gasteiger partial charge in [0.15, 0.2) is 0 Å². The van der Waals surface area contributed by atoms with E-state index in [9.17, 15) is 0 Å². The van der Waals surface area contributed by atoms with Crippen molar-refractivity contribution in [2.45, 2.75) is 53.0 Å². The molecule has 0 aliphatic rings. The molecule has 22 heavy (non-hydrogen) atoms. The van der Waals surface area contributed by atoms with Crippen LogP contribution in [0.5, 0.6) is 0 Å². The van der Waals surface area contributed by atoms with Gasteiger partial charge in [0.1, 0.15) is 5.82 Å². The fourth-order valence-electron chi connectivity index (χ4n) is 2.11. The quantitative estimate of drug-likeness (QED) is 0.723. The Morgan fingerprint density at radius 2 is 2.05 bits per heavy atom. The molecule has 6 heteroatoms. The molecule has 0 fully saturated rings. The zero-order valence-electron chi connectivity index (χ0n) is 13.8. The summed E-state index contributed by atoms with van der Waals surface area (Å²) >= 11 is 1.75. The van der Waals surface area contributed by atoms with E-state index in [4.69, 9.17) is 0 Å². The summed E-state index contributed by atoms with van der Waals surface area (Å²) in [5, 5.41) is 7.80. The summed E-state index contributed by atoms with van der Waals surface area (Å²) in [5.41, 5.74) is 1.41. The van der Waals surface area contributed by atoms with Crippen LogP contribution >= 0.6 is 11.3 Å². The third kappa shape index (κ3) is 5.94. The number of anilines is 1. The average molecular weight is 392 g/mol. The van der Waals surface area contributed by atoms with Gasteiger partial charge in [-0.3, -0.25) is 4.98 Å². The van der Waals surface area contributed by atoms with E-state index in [1.54, 1.807) is 11.3 Å². The van der Waals surface area contributed by atoms with E-state index in [-0.39, 0.29) is 32.7 Å². The maximum absolute atomic E-state index is 4.50. The van der Waals surface area contributed by atoms with Gasteiger partial charge in [-0.15, -0.1) is 0 Å². The molecule has 0 amide bonds. The minimum absolute atomic E-state index is 0. The summed E-state index contributed by atoms with van der Waals surface area (Å²) in [6.45, 7) is 8.14. The molecule has 0 aliphatic heterocycles. The van der Waals surface area contributed by atoms with Gasteiger partial charge in [0.05, 0.1) is 0 Å². The summed E-state index contributed by atoms with van der Waals surface area (Å²) < 4.78 is 0. The first kappa shape index (κ1) is 19.5. The van der Waals surface area contributed by atoms with Gasteiger partial charge in [0.2, 0.25) is 5.95 Å². The Hall–Kier alpha value is -0.516. The minimum Gasteiger partial charge on any atom is -0.351 e. The van der Waals surface area contributed by atoms with Crippen LogP contribution < -0.4 is 5.32 Å². The third-order valence-electron chi connectivity index (χ3n) is 3.38. The smallest absolute Gasteiger partial charge is 0.351 e. The summed E-state index contributed by atoms with van der Waals surface area (Å²) in [6, 6.07) is 2.58. The molecule has 4 nitrogen and oxygen atoms in total. The van der Waals surface area contributed by atoms with Crippen LogP contribution in [0, 0.1) is 12.8 Å². The minimum atomic E-state index is 0. The normalized spacial score (nSPS) is 11.6. The number of hydrogen-bond acceptors (Lipinski definition) is 5. The van der Waals surface area contributed by atoms with Crippen LogP contribution in [0.25, 0.3) is 0 Å². The molecule has 0 aromatic carbocycles. The molecule has 0 radical (unpaired) electrons. The van der Waals surface area contributed by atoms with Crippen molar-refractivity contribution in [1.29, 1.82) is 0 Å². The molecular weight excluding hydrogens is 369 g/mol. The van der Waals surface area contributed by atoms with Crippen LogP contribution in [-0.4, -0.2) is 21.0 Å². The second-order valence-corrected chi connectivity index (χ2v) is 6.23. The number of thiophene rings is 1. The second kappa shape index (κ2) is 9.58. The molecule has 1 unspecified atom stereocenters. The topological polar surface area (TPSA) is 50.7 Å². The van der Waals surface area contributed by atoms with E-state index in [0.29, 0.717) is 12.0 Å². The Balaban J connectivity index is 0.00000242. The van der Waals surface area contributed by atoms with Crippen molar-refractivity contribution in [3.8, 4) is 0 Å². The first-order valence-corrected chi connectivity index (χ1v) is 8.33. The third-order valence-corrected chi connectivity index (χ3v) is 4.11. The standard InChI is InChI=1S/C16H23N4S.Y/c1-5-14(7-6-13-8-9-21-10-13)19-16-18-12(4)17-15(20-16)11(2)3;/h8-10,14H,5-7H2,1-4H3,(H,17,18,19,20);/q-1;+3. The fraction of sp³-hybridized carbons (Fsp3) is 0.500. The number of hydrogen-bond donors (Lipinski definition) is 1. The van der Waals surface area contributed by atoms with E-state index >= 15 is 0 Å². The van der Waals surface area contributed by atoms with Crippen LogP contribution in [0.15, 0.2) is 16.8 Å². The number of aryl methyl sites for hydroxylation is 2. The van der Waals surface area contributed by atoms with Crippen molar-refractivity contribution in [2.24, 2.45) is 0 Å². The number of nitrogens with one attached hydrogen (secondary N) is 1. The van der Waals surface area contributed by atoms with Crippen LogP contribution in [0.2, 0.25) is 0 Å². The van der Waals surface area contributed by atoms with E-state index in [0.717, 1.165) is 36.8 Å². The largest absolute Gasteiger partial charge is 3.00 e. The molecule has 2 aromatic heterocycles. The molecule has 0 aliphatic carbocycles. The molecule has 0 spiro atoms. The van der Waals surface area contributed by atoms with Crippen LogP contribution in [0.4, 0.5) is 5.95 Å². The molecule has 1 atom stereocenters. The van der Waals surface area contributed by atoms with Crippen molar-refractivity contribution in [2.75, 3.05) is 5.32 Å². The van der Waals surface area contributed by atoms with Crippen LogP contribution in [0.3, 0.4) is 0 Å². The van der Waals surface area contributed by atoms with Gasteiger partial charge in [-0.05, 0) is 48.6 Å². The predicted octanol–water partition coefficient (Wildman–Crippen LogP) is 4.02. The summed E-state index contributed by atoms with van der Waals surface area (Å²) in [6.07, 6.45) is 3.23. The van der Waals surface area contributed by atoms with Gasteiger partial charge in [0, 0.05) is 11.9 Å². The van der Waals surface area contributed by atoms with Crippen molar-refractivity contribution in [3.63, 3.8) is 0 Å². The van der Waals surface area contributed by atoms with Gasteiger partial charge < -0.3 is 11.2 Å². The molecule has 0 saturated carbocycles. The van der Waals surface area contributed by atoms with Gasteiger partial charge in [0.25, 0.3) is 0 Å². The van der Waals surface area contributed by atoms with E-state index in [1.165, 1.54) is 5.56 Å². The Labute approximate surface area is 162 Å². The molecule has 2 aromatic rings. The zero-order chi connectivity index (χ0) is 15.2. The molecule has 0 bridgehead atoms. The zero-order valence-corrected chi connectivity index (χ0v) is 17.4. The molecular formula is C16H23N4SY+2. The van der Waals surface area contributed by atoms with Gasteiger partial charge in [-0.2, -0.15) is 30.2 Å². The number of nitrogens with zero attached hydrogens (tertiary/aromatic N) is 3. The Morgan fingerprint density at radius 1 is 1.27 bits per heavy atom. The van der Waals surface area contributed by atoms with Crippen LogP contribution in [-0.2, 0) is 39.1 Å². The maximum Gasteiger partial charge on any atom is 3.00 e. The molecule has 2 heterocycles. The first-order chi connectivity index (χ1) is 10.1. The van der Waals surface area contributed by atoms with Gasteiger partial charge in [-0.1, -0.05) is 6.92 Å². The molecule has 114 valence electrons. The van der Waals surface area contributed by atoms with Crippen molar-refractivity contribution < 1.29 is 32.7 Å². The van der Waals surface area contributed by atoms with E-state index in [2.05, 4.69) is 44.0 Å². The monoisotopic (exact) mass is 392 g/mol. The van der Waals surface area contributed by atoms with Crippen molar-refractivity contribution >= 4 is 17.3 Å². The Bertz CT molecular complexity index is 557. The molecule has 1 N–H and O–H groups in total. The van der Waals surface area contributed by atoms with E-state index < -0.39 is 0 Å². The van der Waals surface area contributed by atoms with Crippen molar-refractivity contribution in [1.82, 2.24) is 15.0 Å². The fourth-order valence-corrected chi connectivity index (χ4v) is 2.81. The van der Waals surface area contributed by atoms with Crippen LogP contribution in [0.1, 0.15) is 50.8 Å². The average Bonchev–Trinajstić information content (AvgIpc) is 2.96. The van der Waals surface area contributed by atoms with E-state index in [1.807, 2.05) is 20.8 Å². The second-order valence-electron chi connectivity index (χ2n) is 5.45. The van der Waals surface area contributed by atoms with Crippen molar-refractivity contribution in [3.05, 3.63) is 40.0 Å². The number of rotatable bonds is 7. The SMILES string of the molecule is CCC(CCc1ccsc1)Nc1nc(C)nc([C-](C)C)n1.[Y+3]. The molecule has 0 saturated heterocycles. The predicted molar refractivity (Wildman–Crippen MR) is 88.6 cm³/mol. The molecule has 2 rings (SSSR count). The number of aromatic nitrogens is 3. The maximum atomic E-state index is 4.50. The summed E-state index contributed by atoms with van der Waals surface area (Å²) in [5.74, 6) is 3.33. The van der Waals surface area contributed by atoms with Gasteiger partial charge >= 0.3 is 32.7 Å².